The second-order valence-corrected chi connectivity index (χ2v) is 6.77. The number of hydrogen-bond acceptors (Lipinski definition) is 3. The molecule has 0 spiro atoms. The first-order valence-electron chi connectivity index (χ1n) is 7.28. The molecule has 1 aliphatic rings. The van der Waals surface area contributed by atoms with Crippen molar-refractivity contribution in [1.82, 2.24) is 10.6 Å². The van der Waals surface area contributed by atoms with Gasteiger partial charge in [-0.05, 0) is 75.2 Å². The lowest BCUT2D eigenvalue weighted by Gasteiger charge is -2.21. The van der Waals surface area contributed by atoms with Crippen LogP contribution in [0, 0.1) is 11.8 Å². The van der Waals surface area contributed by atoms with E-state index in [-0.39, 0.29) is 0 Å². The van der Waals surface area contributed by atoms with Gasteiger partial charge in [0.2, 0.25) is 0 Å². The number of thioether (sulfide) groups is 1. The van der Waals surface area contributed by atoms with E-state index in [1.807, 2.05) is 0 Å². The maximum absolute atomic E-state index is 3.57. The van der Waals surface area contributed by atoms with Crippen LogP contribution in [-0.4, -0.2) is 37.7 Å². The van der Waals surface area contributed by atoms with Gasteiger partial charge in [-0.15, -0.1) is 0 Å². The third-order valence-electron chi connectivity index (χ3n) is 3.33. The first-order chi connectivity index (χ1) is 8.29. The molecule has 0 atom stereocenters. The minimum absolute atomic E-state index is 0.770. The Morgan fingerprint density at radius 3 is 2.47 bits per heavy atom. The van der Waals surface area contributed by atoms with Crippen LogP contribution < -0.4 is 10.6 Å². The number of nitrogens with one attached hydrogen (secondary N) is 2. The van der Waals surface area contributed by atoms with Gasteiger partial charge >= 0.3 is 0 Å². The highest BCUT2D eigenvalue weighted by Crippen LogP contribution is 2.24. The fourth-order valence-corrected chi connectivity index (χ4v) is 3.40. The molecule has 0 aromatic heterocycles. The lowest BCUT2D eigenvalue weighted by Crippen LogP contribution is -2.26. The van der Waals surface area contributed by atoms with Gasteiger partial charge in [0, 0.05) is 0 Å². The van der Waals surface area contributed by atoms with Crippen molar-refractivity contribution in [2.24, 2.45) is 11.8 Å². The zero-order chi connectivity index (χ0) is 12.3. The normalized spacial score (nSPS) is 17.8. The predicted molar refractivity (Wildman–Crippen MR) is 79.9 cm³/mol. The van der Waals surface area contributed by atoms with E-state index in [2.05, 4.69) is 36.2 Å². The minimum atomic E-state index is 0.770. The third-order valence-corrected chi connectivity index (χ3v) is 4.38. The van der Waals surface area contributed by atoms with E-state index in [0.717, 1.165) is 24.9 Å². The fourth-order valence-electron chi connectivity index (χ4n) is 2.20. The second-order valence-electron chi connectivity index (χ2n) is 5.55. The van der Waals surface area contributed by atoms with Gasteiger partial charge in [0.25, 0.3) is 0 Å². The molecule has 1 heterocycles. The summed E-state index contributed by atoms with van der Waals surface area (Å²) >= 11 is 2.13. The van der Waals surface area contributed by atoms with Gasteiger partial charge in [-0.2, -0.15) is 11.8 Å². The fraction of sp³-hybridized carbons (Fsp3) is 1.00. The van der Waals surface area contributed by atoms with Crippen LogP contribution in [0.2, 0.25) is 0 Å². The predicted octanol–water partition coefficient (Wildman–Crippen LogP) is 2.75. The molecule has 2 nitrogen and oxygen atoms in total. The van der Waals surface area contributed by atoms with Crippen LogP contribution in [-0.2, 0) is 0 Å². The molecule has 0 unspecified atom stereocenters. The van der Waals surface area contributed by atoms with Gasteiger partial charge in [0.05, 0.1) is 0 Å². The molecular weight excluding hydrogens is 228 g/mol. The molecule has 0 aromatic rings. The molecule has 0 aromatic carbocycles. The maximum Gasteiger partial charge on any atom is -0.00258 e. The molecule has 102 valence electrons. The van der Waals surface area contributed by atoms with E-state index < -0.39 is 0 Å². The Kier molecular flexibility index (Phi) is 9.21. The maximum atomic E-state index is 3.57. The SMILES string of the molecule is CC(C)CNCCCNCCC1CCSCC1. The molecule has 3 heteroatoms. The summed E-state index contributed by atoms with van der Waals surface area (Å²) in [6.45, 7) is 9.22. The van der Waals surface area contributed by atoms with Crippen LogP contribution in [0.3, 0.4) is 0 Å². The topological polar surface area (TPSA) is 24.1 Å². The summed E-state index contributed by atoms with van der Waals surface area (Å²) in [5.41, 5.74) is 0. The molecular formula is C14H30N2S. The highest BCUT2D eigenvalue weighted by atomic mass is 32.2. The summed E-state index contributed by atoms with van der Waals surface area (Å²) in [6, 6.07) is 0. The highest BCUT2D eigenvalue weighted by molar-refractivity contribution is 7.99. The van der Waals surface area contributed by atoms with Crippen molar-refractivity contribution in [3.05, 3.63) is 0 Å². The van der Waals surface area contributed by atoms with Crippen molar-refractivity contribution >= 4 is 11.8 Å². The van der Waals surface area contributed by atoms with E-state index in [0.29, 0.717) is 0 Å². The van der Waals surface area contributed by atoms with Crippen molar-refractivity contribution < 1.29 is 0 Å². The average molecular weight is 258 g/mol. The molecule has 1 aliphatic heterocycles. The van der Waals surface area contributed by atoms with Crippen molar-refractivity contribution in [3.8, 4) is 0 Å². The molecule has 17 heavy (non-hydrogen) atoms. The third kappa shape index (κ3) is 8.92. The van der Waals surface area contributed by atoms with Crippen molar-refractivity contribution in [1.29, 1.82) is 0 Å². The highest BCUT2D eigenvalue weighted by Gasteiger charge is 2.12. The van der Waals surface area contributed by atoms with Crippen LogP contribution in [0.4, 0.5) is 0 Å². The first kappa shape index (κ1) is 15.3. The van der Waals surface area contributed by atoms with E-state index >= 15 is 0 Å². The first-order valence-corrected chi connectivity index (χ1v) is 8.43. The Balaban J connectivity index is 1.78. The smallest absolute Gasteiger partial charge is 0.00258 e. The Hall–Kier alpha value is 0.270. The number of rotatable bonds is 9. The average Bonchev–Trinajstić information content (AvgIpc) is 2.33. The quantitative estimate of drug-likeness (QED) is 0.622. The van der Waals surface area contributed by atoms with Gasteiger partial charge in [0.15, 0.2) is 0 Å². The molecule has 0 amide bonds. The zero-order valence-electron chi connectivity index (χ0n) is 11.6. The minimum Gasteiger partial charge on any atom is -0.317 e. The Morgan fingerprint density at radius 1 is 1.06 bits per heavy atom. The molecule has 0 aliphatic carbocycles. The molecule has 0 bridgehead atoms. The van der Waals surface area contributed by atoms with Gasteiger partial charge < -0.3 is 10.6 Å². The Bertz CT molecular complexity index is 168. The van der Waals surface area contributed by atoms with Crippen molar-refractivity contribution in [2.75, 3.05) is 37.7 Å². The molecule has 2 N–H and O–H groups in total. The molecule has 1 rings (SSSR count). The van der Waals surface area contributed by atoms with E-state index in [1.165, 1.54) is 50.3 Å². The monoisotopic (exact) mass is 258 g/mol. The molecule has 0 saturated carbocycles. The molecule has 1 fully saturated rings. The van der Waals surface area contributed by atoms with Crippen LogP contribution in [0.25, 0.3) is 0 Å². The van der Waals surface area contributed by atoms with Gasteiger partial charge in [-0.1, -0.05) is 13.8 Å². The zero-order valence-corrected chi connectivity index (χ0v) is 12.5. The van der Waals surface area contributed by atoms with E-state index in [1.54, 1.807) is 0 Å². The summed E-state index contributed by atoms with van der Waals surface area (Å²) in [5.74, 6) is 4.56. The summed E-state index contributed by atoms with van der Waals surface area (Å²) < 4.78 is 0. The summed E-state index contributed by atoms with van der Waals surface area (Å²) in [5, 5.41) is 7.06. The van der Waals surface area contributed by atoms with Crippen molar-refractivity contribution in [2.45, 2.75) is 39.5 Å². The van der Waals surface area contributed by atoms with Crippen LogP contribution >= 0.6 is 11.8 Å². The Labute approximate surface area is 112 Å². The Morgan fingerprint density at radius 2 is 1.76 bits per heavy atom. The lowest BCUT2D eigenvalue weighted by atomic mass is 9.99. The largest absolute Gasteiger partial charge is 0.317 e. The lowest BCUT2D eigenvalue weighted by molar-refractivity contribution is 0.434. The summed E-state index contributed by atoms with van der Waals surface area (Å²) in [4.78, 5) is 0. The van der Waals surface area contributed by atoms with Gasteiger partial charge in [-0.3, -0.25) is 0 Å². The summed E-state index contributed by atoms with van der Waals surface area (Å²) in [6.07, 6.45) is 5.54. The van der Waals surface area contributed by atoms with Gasteiger partial charge in [0.1, 0.15) is 0 Å². The standard InChI is InChI=1S/C14H30N2S/c1-13(2)12-16-8-3-7-15-9-4-14-5-10-17-11-6-14/h13-16H,3-12H2,1-2H3. The van der Waals surface area contributed by atoms with Gasteiger partial charge in [-0.25, -0.2) is 0 Å². The van der Waals surface area contributed by atoms with Crippen LogP contribution in [0.15, 0.2) is 0 Å². The molecule has 1 saturated heterocycles. The molecule has 0 radical (unpaired) electrons. The number of hydrogen-bond donors (Lipinski definition) is 2. The van der Waals surface area contributed by atoms with Crippen LogP contribution in [0.5, 0.6) is 0 Å². The summed E-state index contributed by atoms with van der Waals surface area (Å²) in [7, 11) is 0. The second kappa shape index (κ2) is 10.2. The van der Waals surface area contributed by atoms with E-state index in [9.17, 15) is 0 Å². The van der Waals surface area contributed by atoms with Crippen molar-refractivity contribution in [3.63, 3.8) is 0 Å². The van der Waals surface area contributed by atoms with Crippen LogP contribution in [0.1, 0.15) is 39.5 Å². The van der Waals surface area contributed by atoms with E-state index in [4.69, 9.17) is 0 Å².